The Morgan fingerprint density at radius 3 is 2.60 bits per heavy atom. The Balaban J connectivity index is 2.12. The summed E-state index contributed by atoms with van der Waals surface area (Å²) in [5.41, 5.74) is 0.872. The molecule has 1 aliphatic rings. The lowest BCUT2D eigenvalue weighted by Gasteiger charge is -2.26. The third kappa shape index (κ3) is 4.14. The van der Waals surface area contributed by atoms with Crippen LogP contribution in [0.1, 0.15) is 38.5 Å². The summed E-state index contributed by atoms with van der Waals surface area (Å²) < 4.78 is 4.97. The zero-order chi connectivity index (χ0) is 14.4. The number of hydrogen-bond donors (Lipinski definition) is 1. The van der Waals surface area contributed by atoms with Gasteiger partial charge in [0.15, 0.2) is 0 Å². The maximum atomic E-state index is 12.1. The summed E-state index contributed by atoms with van der Waals surface area (Å²) in [7, 11) is 1.45. The monoisotopic (exact) mass is 295 g/mol. The van der Waals surface area contributed by atoms with E-state index in [4.69, 9.17) is 16.3 Å². The highest BCUT2D eigenvalue weighted by molar-refractivity contribution is 6.30. The van der Waals surface area contributed by atoms with Crippen LogP contribution in [-0.4, -0.2) is 19.1 Å². The van der Waals surface area contributed by atoms with Crippen LogP contribution in [0, 0.1) is 5.92 Å². The fourth-order valence-electron chi connectivity index (χ4n) is 2.90. The number of rotatable bonds is 4. The van der Waals surface area contributed by atoms with Crippen molar-refractivity contribution in [1.29, 1.82) is 0 Å². The number of esters is 1. The molecule has 2 rings (SSSR count). The lowest BCUT2D eigenvalue weighted by Crippen LogP contribution is -2.37. The van der Waals surface area contributed by atoms with Crippen LogP contribution in [0.15, 0.2) is 24.3 Å². The highest BCUT2D eigenvalue weighted by atomic mass is 35.5. The smallest absolute Gasteiger partial charge is 0.328 e. The Morgan fingerprint density at radius 2 is 2.00 bits per heavy atom. The van der Waals surface area contributed by atoms with Gasteiger partial charge in [-0.3, -0.25) is 0 Å². The molecule has 4 heteroatoms. The summed E-state index contributed by atoms with van der Waals surface area (Å²) in [5.74, 6) is 0.154. The van der Waals surface area contributed by atoms with Gasteiger partial charge in [-0.25, -0.2) is 4.79 Å². The number of anilines is 1. The molecule has 0 heterocycles. The second kappa shape index (κ2) is 7.53. The highest BCUT2D eigenvalue weighted by Gasteiger charge is 2.29. The van der Waals surface area contributed by atoms with E-state index < -0.39 is 0 Å². The van der Waals surface area contributed by atoms with E-state index in [-0.39, 0.29) is 12.0 Å². The third-order valence-corrected chi connectivity index (χ3v) is 4.21. The number of carbonyl (C=O) groups is 1. The van der Waals surface area contributed by atoms with Gasteiger partial charge in [-0.15, -0.1) is 0 Å². The summed E-state index contributed by atoms with van der Waals surface area (Å²) in [5, 5.41) is 3.98. The van der Waals surface area contributed by atoms with Crippen LogP contribution in [-0.2, 0) is 9.53 Å². The molecule has 1 saturated carbocycles. The highest BCUT2D eigenvalue weighted by Crippen LogP contribution is 2.28. The molecule has 3 nitrogen and oxygen atoms in total. The molecule has 20 heavy (non-hydrogen) atoms. The second-order valence-electron chi connectivity index (χ2n) is 5.41. The van der Waals surface area contributed by atoms with Crippen LogP contribution >= 0.6 is 11.6 Å². The molecular weight excluding hydrogens is 274 g/mol. The minimum Gasteiger partial charge on any atom is -0.467 e. The average molecular weight is 296 g/mol. The van der Waals surface area contributed by atoms with E-state index in [0.717, 1.165) is 18.5 Å². The number of benzene rings is 1. The van der Waals surface area contributed by atoms with Gasteiger partial charge in [0.25, 0.3) is 0 Å². The van der Waals surface area contributed by atoms with Gasteiger partial charge >= 0.3 is 5.97 Å². The first kappa shape index (κ1) is 15.2. The summed E-state index contributed by atoms with van der Waals surface area (Å²) >= 11 is 6.00. The van der Waals surface area contributed by atoms with Gasteiger partial charge in [-0.05, 0) is 37.0 Å². The van der Waals surface area contributed by atoms with Crippen molar-refractivity contribution in [3.8, 4) is 0 Å². The van der Waals surface area contributed by atoms with Gasteiger partial charge in [0.05, 0.1) is 7.11 Å². The Labute approximate surface area is 125 Å². The first-order valence-corrected chi connectivity index (χ1v) is 7.68. The van der Waals surface area contributed by atoms with Crippen molar-refractivity contribution >= 4 is 23.3 Å². The van der Waals surface area contributed by atoms with Crippen molar-refractivity contribution in [3.05, 3.63) is 29.3 Å². The Hall–Kier alpha value is -1.22. The summed E-state index contributed by atoms with van der Waals surface area (Å²) in [4.78, 5) is 12.1. The molecule has 0 saturated heterocycles. The molecule has 1 fully saturated rings. The van der Waals surface area contributed by atoms with E-state index in [1.165, 1.54) is 32.8 Å². The van der Waals surface area contributed by atoms with E-state index in [9.17, 15) is 4.79 Å². The van der Waals surface area contributed by atoms with E-state index >= 15 is 0 Å². The van der Waals surface area contributed by atoms with Crippen molar-refractivity contribution < 1.29 is 9.53 Å². The fourth-order valence-corrected chi connectivity index (χ4v) is 3.09. The van der Waals surface area contributed by atoms with Crippen LogP contribution in [0.25, 0.3) is 0 Å². The summed E-state index contributed by atoms with van der Waals surface area (Å²) in [6, 6.07) is 7.20. The number of carbonyl (C=O) groups excluding carboxylic acids is 1. The minimum atomic E-state index is -0.281. The van der Waals surface area contributed by atoms with E-state index in [1.807, 2.05) is 24.3 Å². The van der Waals surface area contributed by atoms with Crippen molar-refractivity contribution in [2.24, 2.45) is 5.92 Å². The van der Waals surface area contributed by atoms with Gasteiger partial charge in [-0.2, -0.15) is 0 Å². The molecule has 0 aliphatic heterocycles. The molecule has 1 unspecified atom stereocenters. The van der Waals surface area contributed by atoms with Gasteiger partial charge in [0.2, 0.25) is 0 Å². The topological polar surface area (TPSA) is 38.3 Å². The Kier molecular flexibility index (Phi) is 5.72. The van der Waals surface area contributed by atoms with Crippen LogP contribution in [0.5, 0.6) is 0 Å². The SMILES string of the molecule is COC(=O)C(Nc1cccc(Cl)c1)C1CCCCCC1. The van der Waals surface area contributed by atoms with E-state index in [1.54, 1.807) is 0 Å². The summed E-state index contributed by atoms with van der Waals surface area (Å²) in [6.07, 6.45) is 7.06. The first-order valence-electron chi connectivity index (χ1n) is 7.30. The molecule has 1 N–H and O–H groups in total. The van der Waals surface area contributed by atoms with E-state index in [2.05, 4.69) is 5.32 Å². The van der Waals surface area contributed by atoms with Gasteiger partial charge in [0, 0.05) is 10.7 Å². The lowest BCUT2D eigenvalue weighted by molar-refractivity contribution is -0.142. The molecule has 0 radical (unpaired) electrons. The molecule has 0 spiro atoms. The predicted octanol–water partition coefficient (Wildman–Crippen LogP) is 4.26. The number of hydrogen-bond acceptors (Lipinski definition) is 3. The van der Waals surface area contributed by atoms with Crippen molar-refractivity contribution in [1.82, 2.24) is 0 Å². The number of halogens is 1. The summed E-state index contributed by atoms with van der Waals surface area (Å²) in [6.45, 7) is 0. The maximum absolute atomic E-state index is 12.1. The van der Waals surface area contributed by atoms with Crippen molar-refractivity contribution in [3.63, 3.8) is 0 Å². The number of ether oxygens (including phenoxy) is 1. The zero-order valence-corrected chi connectivity index (χ0v) is 12.7. The molecule has 1 atom stereocenters. The third-order valence-electron chi connectivity index (χ3n) is 3.97. The van der Waals surface area contributed by atoms with Crippen molar-refractivity contribution in [2.45, 2.75) is 44.6 Å². The maximum Gasteiger partial charge on any atom is 0.328 e. The van der Waals surface area contributed by atoms with Crippen molar-refractivity contribution in [2.75, 3.05) is 12.4 Å². The number of nitrogens with one attached hydrogen (secondary N) is 1. The molecule has 1 aliphatic carbocycles. The van der Waals surface area contributed by atoms with E-state index in [0.29, 0.717) is 10.9 Å². The standard InChI is InChI=1S/C16H22ClNO2/c1-20-16(19)15(12-7-4-2-3-5-8-12)18-14-10-6-9-13(17)11-14/h6,9-12,15,18H,2-5,7-8H2,1H3. The molecule has 0 aromatic heterocycles. The predicted molar refractivity (Wildman–Crippen MR) is 82.1 cm³/mol. The Bertz CT molecular complexity index is 442. The second-order valence-corrected chi connectivity index (χ2v) is 5.84. The quantitative estimate of drug-likeness (QED) is 0.666. The molecular formula is C16H22ClNO2. The molecule has 0 bridgehead atoms. The Morgan fingerprint density at radius 1 is 1.30 bits per heavy atom. The van der Waals surface area contributed by atoms with Crippen LogP contribution in [0.2, 0.25) is 5.02 Å². The fraction of sp³-hybridized carbons (Fsp3) is 0.562. The number of methoxy groups -OCH3 is 1. The average Bonchev–Trinajstić information content (AvgIpc) is 2.73. The molecule has 110 valence electrons. The van der Waals surface area contributed by atoms with Gasteiger partial charge in [-0.1, -0.05) is 43.4 Å². The first-order chi connectivity index (χ1) is 9.70. The van der Waals surface area contributed by atoms with Gasteiger partial charge < -0.3 is 10.1 Å². The van der Waals surface area contributed by atoms with Crippen LogP contribution < -0.4 is 5.32 Å². The van der Waals surface area contributed by atoms with Gasteiger partial charge in [0.1, 0.15) is 6.04 Å². The van der Waals surface area contributed by atoms with Crippen LogP contribution in [0.3, 0.4) is 0 Å². The molecule has 1 aromatic rings. The molecule has 1 aromatic carbocycles. The zero-order valence-electron chi connectivity index (χ0n) is 11.9. The minimum absolute atomic E-state index is 0.183. The largest absolute Gasteiger partial charge is 0.467 e. The lowest BCUT2D eigenvalue weighted by atomic mass is 9.91. The van der Waals surface area contributed by atoms with Crippen LogP contribution in [0.4, 0.5) is 5.69 Å². The molecule has 0 amide bonds. The normalized spacial score (nSPS) is 18.1.